The van der Waals surface area contributed by atoms with Gasteiger partial charge in [0.1, 0.15) is 5.91 Å². The van der Waals surface area contributed by atoms with E-state index in [0.717, 1.165) is 4.88 Å². The van der Waals surface area contributed by atoms with E-state index in [0.29, 0.717) is 16.5 Å². The zero-order valence-electron chi connectivity index (χ0n) is 12.9. The van der Waals surface area contributed by atoms with Gasteiger partial charge in [-0.05, 0) is 24.8 Å². The van der Waals surface area contributed by atoms with E-state index in [4.69, 9.17) is 0 Å². The van der Waals surface area contributed by atoms with Gasteiger partial charge in [-0.2, -0.15) is 5.21 Å². The van der Waals surface area contributed by atoms with Crippen LogP contribution in [0.25, 0.3) is 15.9 Å². The van der Waals surface area contributed by atoms with Gasteiger partial charge < -0.3 is 10.3 Å². The van der Waals surface area contributed by atoms with Crippen LogP contribution in [0.3, 0.4) is 0 Å². The quantitative estimate of drug-likeness (QED) is 0.540. The Morgan fingerprint density at radius 2 is 2.12 bits per heavy atom. The van der Waals surface area contributed by atoms with E-state index in [1.54, 1.807) is 12.3 Å². The first-order valence-electron chi connectivity index (χ1n) is 6.23. The molecule has 0 spiro atoms. The molecule has 3 rings (SSSR count). The van der Waals surface area contributed by atoms with Crippen molar-refractivity contribution in [3.05, 3.63) is 21.4 Å². The SMILES string of the molecule is CC(=O)[N-]c1nc(C)c(-c2csc(C(=O)Nc3nn[nH]n3)n2)s1.[K+]. The van der Waals surface area contributed by atoms with Gasteiger partial charge >= 0.3 is 51.4 Å². The van der Waals surface area contributed by atoms with E-state index < -0.39 is 5.91 Å². The number of rotatable bonds is 4. The summed E-state index contributed by atoms with van der Waals surface area (Å²) in [5, 5.41) is 21.5. The van der Waals surface area contributed by atoms with Gasteiger partial charge in [-0.1, -0.05) is 5.10 Å². The molecule has 0 aliphatic rings. The summed E-state index contributed by atoms with van der Waals surface area (Å²) < 4.78 is 0. The third-order valence-electron chi connectivity index (χ3n) is 2.54. The number of tetrazole rings is 1. The third kappa shape index (κ3) is 4.50. The van der Waals surface area contributed by atoms with Crippen LogP contribution in [-0.2, 0) is 4.79 Å². The largest absolute Gasteiger partial charge is 1.00 e. The summed E-state index contributed by atoms with van der Waals surface area (Å²) >= 11 is 2.42. The Morgan fingerprint density at radius 1 is 1.33 bits per heavy atom. The third-order valence-corrected chi connectivity index (χ3v) is 4.46. The fourth-order valence-electron chi connectivity index (χ4n) is 1.65. The average Bonchev–Trinajstić information content (AvgIpc) is 3.18. The van der Waals surface area contributed by atoms with Crippen molar-refractivity contribution in [1.82, 2.24) is 30.6 Å². The number of amides is 2. The molecule has 0 unspecified atom stereocenters. The summed E-state index contributed by atoms with van der Waals surface area (Å²) in [4.78, 5) is 32.3. The van der Waals surface area contributed by atoms with Crippen LogP contribution in [0.1, 0.15) is 22.4 Å². The molecule has 0 saturated carbocycles. The van der Waals surface area contributed by atoms with Crippen molar-refractivity contribution in [2.75, 3.05) is 5.32 Å². The first kappa shape index (κ1) is 19.2. The molecule has 0 bridgehead atoms. The van der Waals surface area contributed by atoms with Crippen molar-refractivity contribution in [3.63, 3.8) is 0 Å². The number of nitrogens with zero attached hydrogens (tertiary/aromatic N) is 6. The van der Waals surface area contributed by atoms with Gasteiger partial charge in [0.2, 0.25) is 0 Å². The van der Waals surface area contributed by atoms with Gasteiger partial charge in [0.05, 0.1) is 10.6 Å². The fraction of sp³-hybridized carbons (Fsp3) is 0.182. The minimum absolute atomic E-state index is 0. The molecule has 24 heavy (non-hydrogen) atoms. The number of hydrogen-bond donors (Lipinski definition) is 2. The van der Waals surface area contributed by atoms with E-state index in [2.05, 4.69) is 41.2 Å². The predicted molar refractivity (Wildman–Crippen MR) is 83.8 cm³/mol. The fourth-order valence-corrected chi connectivity index (χ4v) is 3.37. The van der Waals surface area contributed by atoms with Crippen LogP contribution in [0, 0.1) is 6.92 Å². The first-order valence-corrected chi connectivity index (χ1v) is 7.93. The van der Waals surface area contributed by atoms with Crippen molar-refractivity contribution in [2.45, 2.75) is 13.8 Å². The number of carbonyl (C=O) groups is 2. The summed E-state index contributed by atoms with van der Waals surface area (Å²) in [6, 6.07) is 0. The molecular weight excluding hydrogens is 379 g/mol. The van der Waals surface area contributed by atoms with Gasteiger partial charge in [-0.25, -0.2) is 4.98 Å². The summed E-state index contributed by atoms with van der Waals surface area (Å²) in [7, 11) is 0. The van der Waals surface area contributed by atoms with Crippen LogP contribution < -0.4 is 56.7 Å². The standard InChI is InChI=1S/C11H10N8O2S2.K/c1-4-7(23-11(12-4)13-5(2)20)6-3-22-9(14-6)8(21)15-10-16-18-19-17-10;/h3H,1-2H3,(H3,12,13,14,15,16,17,18,19,20,21);/q;+1/p-1. The topological polar surface area (TPSA) is 141 Å². The summed E-state index contributed by atoms with van der Waals surface area (Å²) in [5.74, 6) is -0.675. The minimum Gasteiger partial charge on any atom is -0.430 e. The van der Waals surface area contributed by atoms with Gasteiger partial charge in [0.15, 0.2) is 5.01 Å². The molecule has 3 aromatic rings. The second-order valence-electron chi connectivity index (χ2n) is 4.27. The van der Waals surface area contributed by atoms with E-state index in [1.807, 2.05) is 0 Å². The molecule has 0 aliphatic heterocycles. The smallest absolute Gasteiger partial charge is 0.430 e. The summed E-state index contributed by atoms with van der Waals surface area (Å²) in [5.41, 5.74) is 1.30. The minimum atomic E-state index is -0.432. The van der Waals surface area contributed by atoms with Crippen molar-refractivity contribution in [3.8, 4) is 10.6 Å². The molecule has 0 aromatic carbocycles. The second-order valence-corrected chi connectivity index (χ2v) is 6.10. The Labute approximate surface area is 186 Å². The molecule has 3 heterocycles. The zero-order valence-corrected chi connectivity index (χ0v) is 17.6. The molecule has 2 amide bonds. The number of aromatic amines is 1. The van der Waals surface area contributed by atoms with Crippen molar-refractivity contribution >= 4 is 45.6 Å². The molecule has 0 fully saturated rings. The summed E-state index contributed by atoms with van der Waals surface area (Å²) in [6.07, 6.45) is 0. The Morgan fingerprint density at radius 3 is 2.79 bits per heavy atom. The van der Waals surface area contributed by atoms with Crippen LogP contribution in [0.5, 0.6) is 0 Å². The Kier molecular flexibility index (Phi) is 6.67. The van der Waals surface area contributed by atoms with E-state index in [9.17, 15) is 9.59 Å². The normalized spacial score (nSPS) is 10.1. The Balaban J connectivity index is 0.00000208. The van der Waals surface area contributed by atoms with Gasteiger partial charge in [-0.3, -0.25) is 14.9 Å². The number of thiazole rings is 2. The first-order chi connectivity index (χ1) is 11.0. The van der Waals surface area contributed by atoms with E-state index in [-0.39, 0.29) is 68.2 Å². The maximum atomic E-state index is 12.0. The van der Waals surface area contributed by atoms with Gasteiger partial charge in [-0.15, -0.1) is 27.8 Å². The van der Waals surface area contributed by atoms with Crippen molar-refractivity contribution in [1.29, 1.82) is 0 Å². The number of aryl methyl sites for hydroxylation is 1. The Bertz CT molecular complexity index is 859. The number of hydrogen-bond acceptors (Lipinski definition) is 9. The molecule has 0 saturated heterocycles. The van der Waals surface area contributed by atoms with Crippen LogP contribution in [0.15, 0.2) is 5.38 Å². The van der Waals surface area contributed by atoms with E-state index >= 15 is 0 Å². The van der Waals surface area contributed by atoms with E-state index in [1.165, 1.54) is 29.6 Å². The van der Waals surface area contributed by atoms with Crippen molar-refractivity contribution in [2.24, 2.45) is 0 Å². The molecule has 0 radical (unpaired) electrons. The summed E-state index contributed by atoms with van der Waals surface area (Å²) in [6.45, 7) is 3.16. The maximum Gasteiger partial charge on any atom is 1.00 e. The van der Waals surface area contributed by atoms with Gasteiger partial charge in [0.25, 0.3) is 11.9 Å². The molecule has 13 heteroatoms. The number of carbonyl (C=O) groups excluding carboxylic acids is 2. The van der Waals surface area contributed by atoms with Crippen molar-refractivity contribution < 1.29 is 61.0 Å². The maximum absolute atomic E-state index is 12.0. The molecule has 0 atom stereocenters. The molecular formula is C11H9KN8O2S2. The molecule has 0 aliphatic carbocycles. The molecule has 118 valence electrons. The van der Waals surface area contributed by atoms with Crippen LogP contribution in [-0.4, -0.2) is 42.4 Å². The zero-order chi connectivity index (χ0) is 16.4. The van der Waals surface area contributed by atoms with Gasteiger partial charge in [0, 0.05) is 10.5 Å². The second kappa shape index (κ2) is 8.33. The van der Waals surface area contributed by atoms with Crippen LogP contribution >= 0.6 is 22.7 Å². The molecule has 10 nitrogen and oxygen atoms in total. The number of H-pyrrole nitrogens is 1. The molecule has 3 aromatic heterocycles. The molecule has 2 N–H and O–H groups in total. The number of aromatic nitrogens is 6. The Hall–Kier alpha value is -1.09. The van der Waals surface area contributed by atoms with Crippen LogP contribution in [0.2, 0.25) is 0 Å². The monoisotopic (exact) mass is 388 g/mol. The number of nitrogens with one attached hydrogen (secondary N) is 2. The van der Waals surface area contributed by atoms with Crippen LogP contribution in [0.4, 0.5) is 11.1 Å². The predicted octanol–water partition coefficient (Wildman–Crippen LogP) is -1.10. The average molecular weight is 388 g/mol. The number of anilines is 1.